The first kappa shape index (κ1) is 21.3. The number of benzene rings is 1. The van der Waals surface area contributed by atoms with Crippen LogP contribution >= 0.6 is 0 Å². The van der Waals surface area contributed by atoms with Gasteiger partial charge in [-0.15, -0.1) is 6.42 Å². The van der Waals surface area contributed by atoms with Gasteiger partial charge in [0, 0.05) is 5.56 Å². The van der Waals surface area contributed by atoms with Gasteiger partial charge in [-0.2, -0.15) is 0 Å². The number of nitrogens with two attached hydrogens (primary N) is 1. The number of amides is 1. The van der Waals surface area contributed by atoms with Gasteiger partial charge < -0.3 is 34.7 Å². The Labute approximate surface area is 169 Å². The van der Waals surface area contributed by atoms with Crippen molar-refractivity contribution >= 4 is 11.9 Å². The topological polar surface area (TPSA) is 114 Å². The summed E-state index contributed by atoms with van der Waals surface area (Å²) in [5.74, 6) is 0.271. The van der Waals surface area contributed by atoms with Gasteiger partial charge >= 0.3 is 0 Å². The highest BCUT2D eigenvalue weighted by Crippen LogP contribution is 2.39. The van der Waals surface area contributed by atoms with E-state index in [-0.39, 0.29) is 42.7 Å². The van der Waals surface area contributed by atoms with E-state index >= 15 is 0 Å². The minimum atomic E-state index is -1.19. The summed E-state index contributed by atoms with van der Waals surface area (Å²) >= 11 is 0. The van der Waals surface area contributed by atoms with Gasteiger partial charge in [-0.3, -0.25) is 4.79 Å². The summed E-state index contributed by atoms with van der Waals surface area (Å²) in [5.41, 5.74) is 1.14. The van der Waals surface area contributed by atoms with Crippen LogP contribution in [0.3, 0.4) is 0 Å². The highest BCUT2D eigenvalue weighted by atomic mass is 16.8. The molecule has 0 unspecified atom stereocenters. The summed E-state index contributed by atoms with van der Waals surface area (Å²) in [6.45, 7) is 5.14. The molecule has 1 amide bonds. The molecule has 3 rings (SSSR count). The maximum atomic E-state index is 12.1. The lowest BCUT2D eigenvalue weighted by Gasteiger charge is -2.23. The van der Waals surface area contributed by atoms with E-state index in [1.54, 1.807) is 12.1 Å². The predicted octanol–water partition coefficient (Wildman–Crippen LogP) is -1.46. The third-order valence-electron chi connectivity index (χ3n) is 4.99. The zero-order chi connectivity index (χ0) is 21.0. The molecule has 2 aliphatic rings. The van der Waals surface area contributed by atoms with Crippen LogP contribution < -0.4 is 15.7 Å². The summed E-state index contributed by atoms with van der Waals surface area (Å²) in [4.78, 5) is 22.9. The number of hydrogen-bond acceptors (Lipinski definition) is 6. The van der Waals surface area contributed by atoms with E-state index in [9.17, 15) is 14.7 Å². The van der Waals surface area contributed by atoms with Crippen LogP contribution in [0, 0.1) is 12.3 Å². The number of ether oxygens (including phenoxy) is 3. The number of aromatic carboxylic acids is 1. The molecule has 1 aromatic carbocycles. The van der Waals surface area contributed by atoms with Crippen LogP contribution in [-0.4, -0.2) is 55.2 Å². The van der Waals surface area contributed by atoms with Crippen molar-refractivity contribution in [1.29, 1.82) is 0 Å². The number of quaternary nitrogens is 1. The molecular formula is C21H26N2O6. The SMILES string of the molecule is C#CCNC(=O)C[C@@H]1O[C@H](C[NH2+]Cc2ccc(C(=O)[O-])cc2)[C@H]2OC(C)(C)O[C@H]21. The molecular weight excluding hydrogens is 376 g/mol. The molecule has 0 radical (unpaired) electrons. The van der Waals surface area contributed by atoms with Crippen LogP contribution in [0.2, 0.25) is 0 Å². The lowest BCUT2D eigenvalue weighted by atomic mass is 10.1. The second-order valence-corrected chi connectivity index (χ2v) is 7.68. The number of fused-ring (bicyclic) bond motifs is 1. The van der Waals surface area contributed by atoms with Gasteiger partial charge in [0.15, 0.2) is 5.79 Å². The van der Waals surface area contributed by atoms with Crippen molar-refractivity contribution in [2.45, 2.75) is 57.0 Å². The molecule has 0 spiro atoms. The molecule has 0 bridgehead atoms. The van der Waals surface area contributed by atoms with Gasteiger partial charge in [0.05, 0.1) is 25.0 Å². The van der Waals surface area contributed by atoms with Crippen molar-refractivity contribution in [1.82, 2.24) is 5.32 Å². The fourth-order valence-corrected chi connectivity index (χ4v) is 3.72. The zero-order valence-corrected chi connectivity index (χ0v) is 16.6. The van der Waals surface area contributed by atoms with Crippen LogP contribution in [0.4, 0.5) is 0 Å². The number of carbonyl (C=O) groups is 2. The molecule has 8 nitrogen and oxygen atoms in total. The number of carbonyl (C=O) groups excluding carboxylic acids is 2. The lowest BCUT2D eigenvalue weighted by molar-refractivity contribution is -0.677. The Kier molecular flexibility index (Phi) is 6.55. The number of nitrogens with one attached hydrogen (secondary N) is 1. The Hall–Kier alpha value is -2.44. The second-order valence-electron chi connectivity index (χ2n) is 7.68. The van der Waals surface area contributed by atoms with E-state index < -0.39 is 17.9 Å². The summed E-state index contributed by atoms with van der Waals surface area (Å²) in [7, 11) is 0. The maximum absolute atomic E-state index is 12.1. The van der Waals surface area contributed by atoms with E-state index in [1.807, 2.05) is 13.8 Å². The fourth-order valence-electron chi connectivity index (χ4n) is 3.72. The van der Waals surface area contributed by atoms with Crippen molar-refractivity contribution < 1.29 is 34.2 Å². The summed E-state index contributed by atoms with van der Waals surface area (Å²) in [6, 6.07) is 6.58. The lowest BCUT2D eigenvalue weighted by Crippen LogP contribution is -2.85. The fraction of sp³-hybridized carbons (Fsp3) is 0.524. The smallest absolute Gasteiger partial charge is 0.223 e. The van der Waals surface area contributed by atoms with Gasteiger partial charge in [0.2, 0.25) is 5.91 Å². The van der Waals surface area contributed by atoms with Crippen LogP contribution in [0.1, 0.15) is 36.2 Å². The Bertz CT molecular complexity index is 785. The van der Waals surface area contributed by atoms with E-state index in [1.165, 1.54) is 12.1 Å². The van der Waals surface area contributed by atoms with Crippen molar-refractivity contribution in [3.05, 3.63) is 35.4 Å². The quantitative estimate of drug-likeness (QED) is 0.514. The van der Waals surface area contributed by atoms with E-state index in [4.69, 9.17) is 20.6 Å². The molecule has 2 heterocycles. The first-order valence-electron chi connectivity index (χ1n) is 9.62. The van der Waals surface area contributed by atoms with Gasteiger partial charge in [-0.05, 0) is 19.4 Å². The van der Waals surface area contributed by atoms with E-state index in [2.05, 4.69) is 16.6 Å². The Morgan fingerprint density at radius 3 is 2.48 bits per heavy atom. The average molecular weight is 402 g/mol. The molecule has 3 N–H and O–H groups in total. The van der Waals surface area contributed by atoms with Crippen molar-refractivity contribution in [3.8, 4) is 12.3 Å². The zero-order valence-electron chi connectivity index (χ0n) is 16.6. The first-order valence-corrected chi connectivity index (χ1v) is 9.62. The minimum Gasteiger partial charge on any atom is -0.545 e. The van der Waals surface area contributed by atoms with Crippen LogP contribution in [-0.2, 0) is 25.5 Å². The number of terminal acetylenes is 1. The Balaban J connectivity index is 1.56. The monoisotopic (exact) mass is 402 g/mol. The predicted molar refractivity (Wildman–Crippen MR) is 100 cm³/mol. The number of hydrogen-bond donors (Lipinski definition) is 2. The van der Waals surface area contributed by atoms with Gasteiger partial charge in [-0.1, -0.05) is 30.2 Å². The normalized spacial score (nSPS) is 27.2. The summed E-state index contributed by atoms with van der Waals surface area (Å²) in [5, 5.41) is 15.5. The molecule has 0 aromatic heterocycles. The molecule has 4 atom stereocenters. The highest BCUT2D eigenvalue weighted by molar-refractivity contribution is 5.85. The molecule has 0 aliphatic carbocycles. The third-order valence-corrected chi connectivity index (χ3v) is 4.99. The molecule has 2 saturated heterocycles. The first-order chi connectivity index (χ1) is 13.8. The van der Waals surface area contributed by atoms with Crippen LogP contribution in [0.15, 0.2) is 24.3 Å². The third kappa shape index (κ3) is 5.34. The second kappa shape index (κ2) is 8.93. The Morgan fingerprint density at radius 2 is 1.86 bits per heavy atom. The van der Waals surface area contributed by atoms with Crippen molar-refractivity contribution in [3.63, 3.8) is 0 Å². The summed E-state index contributed by atoms with van der Waals surface area (Å²) in [6.07, 6.45) is 4.13. The molecule has 2 fully saturated rings. The molecule has 0 saturated carbocycles. The van der Waals surface area contributed by atoms with Crippen molar-refractivity contribution in [2.24, 2.45) is 0 Å². The standard InChI is InChI=1S/C21H26N2O6/c1-4-9-23-17(24)10-15-18-19(29-21(2,3)28-18)16(27-15)12-22-11-13-5-7-14(8-6-13)20(25)26/h1,5-8,15-16,18-19,22H,9-12H2,2-3H3,(H,23,24)(H,25,26)/t15-,16+,18-,19+/m0/s1. The molecule has 1 aromatic rings. The van der Waals surface area contributed by atoms with Gasteiger partial charge in [0.25, 0.3) is 0 Å². The largest absolute Gasteiger partial charge is 0.545 e. The van der Waals surface area contributed by atoms with Crippen LogP contribution in [0.25, 0.3) is 0 Å². The van der Waals surface area contributed by atoms with Crippen molar-refractivity contribution in [2.75, 3.05) is 13.1 Å². The van der Waals surface area contributed by atoms with E-state index in [0.29, 0.717) is 13.1 Å². The number of rotatable bonds is 8. The number of carboxylic acids is 1. The highest BCUT2D eigenvalue weighted by Gasteiger charge is 2.55. The molecule has 29 heavy (non-hydrogen) atoms. The van der Waals surface area contributed by atoms with Gasteiger partial charge in [0.1, 0.15) is 31.4 Å². The molecule has 156 valence electrons. The Morgan fingerprint density at radius 1 is 1.21 bits per heavy atom. The average Bonchev–Trinajstić information content (AvgIpc) is 3.14. The van der Waals surface area contributed by atoms with Crippen LogP contribution in [0.5, 0.6) is 0 Å². The molecule has 8 heteroatoms. The van der Waals surface area contributed by atoms with Gasteiger partial charge in [-0.25, -0.2) is 0 Å². The number of carboxylic acid groups (broad SMARTS) is 1. The maximum Gasteiger partial charge on any atom is 0.223 e. The van der Waals surface area contributed by atoms with E-state index in [0.717, 1.165) is 5.56 Å². The minimum absolute atomic E-state index is 0.153. The summed E-state index contributed by atoms with van der Waals surface area (Å²) < 4.78 is 18.1. The molecule has 2 aliphatic heterocycles.